The Morgan fingerprint density at radius 3 is 1.80 bits per heavy atom. The minimum absolute atomic E-state index is 0.261. The molecule has 0 bridgehead atoms. The van der Waals surface area contributed by atoms with Crippen LogP contribution < -0.4 is 18.9 Å². The van der Waals surface area contributed by atoms with Gasteiger partial charge in [-0.15, -0.1) is 22.7 Å². The lowest BCUT2D eigenvalue weighted by Crippen LogP contribution is -2.28. The predicted octanol–water partition coefficient (Wildman–Crippen LogP) is 5.77. The molecular weight excluding hydrogens is 356 g/mol. The van der Waals surface area contributed by atoms with Gasteiger partial charge in [0, 0.05) is 21.5 Å². The first-order chi connectivity index (χ1) is 12.3. The first-order valence-electron chi connectivity index (χ1n) is 9.01. The van der Waals surface area contributed by atoms with E-state index in [1.54, 1.807) is 22.7 Å². The molecule has 0 saturated carbocycles. The van der Waals surface area contributed by atoms with Crippen LogP contribution in [0.4, 0.5) is 0 Å². The van der Waals surface area contributed by atoms with Crippen LogP contribution in [0.2, 0.25) is 0 Å². The molecule has 25 heavy (non-hydrogen) atoms. The van der Waals surface area contributed by atoms with Gasteiger partial charge in [0.15, 0.2) is 23.0 Å². The van der Waals surface area contributed by atoms with Crippen molar-refractivity contribution in [3.05, 3.63) is 21.5 Å². The minimum Gasteiger partial charge on any atom is -0.485 e. The van der Waals surface area contributed by atoms with Crippen LogP contribution in [0, 0.1) is 0 Å². The Bertz CT molecular complexity index is 637. The van der Waals surface area contributed by atoms with Crippen molar-refractivity contribution in [2.24, 2.45) is 0 Å². The van der Waals surface area contributed by atoms with Crippen LogP contribution in [0.3, 0.4) is 0 Å². The molecule has 2 aliphatic heterocycles. The first kappa shape index (κ1) is 18.4. The van der Waals surface area contributed by atoms with Gasteiger partial charge in [-0.3, -0.25) is 0 Å². The maximum absolute atomic E-state index is 5.76. The van der Waals surface area contributed by atoms with Gasteiger partial charge in [0.2, 0.25) is 0 Å². The molecule has 0 aliphatic carbocycles. The maximum Gasteiger partial charge on any atom is 0.172 e. The van der Waals surface area contributed by atoms with Crippen LogP contribution in [0.1, 0.15) is 46.0 Å². The Hall–Kier alpha value is -1.40. The summed E-state index contributed by atoms with van der Waals surface area (Å²) < 4.78 is 22.5. The number of rotatable bonds is 5. The second-order valence-corrected chi connectivity index (χ2v) is 7.72. The standard InChI is InChI=1S/C10H14O2S.C9H12O2S/c1-2-3-4-8-5-11-9-6-13-7-10(9)12-8;1-2-3-7-4-10-8-5-12-6-9(8)11-7/h6-8H,2-5H2,1H3;5-7H,2-4H2,1H3. The fourth-order valence-corrected chi connectivity index (χ4v) is 4.10. The second-order valence-electron chi connectivity index (χ2n) is 6.23. The monoisotopic (exact) mass is 382 g/mol. The van der Waals surface area contributed by atoms with Crippen molar-refractivity contribution >= 4 is 22.7 Å². The summed E-state index contributed by atoms with van der Waals surface area (Å²) in [5.74, 6) is 3.67. The van der Waals surface area contributed by atoms with E-state index in [0.717, 1.165) is 42.3 Å². The molecule has 0 radical (unpaired) electrons. The third-order valence-corrected chi connectivity index (χ3v) is 5.51. The minimum atomic E-state index is 0.261. The summed E-state index contributed by atoms with van der Waals surface area (Å²) in [5, 5.41) is 7.98. The van der Waals surface area contributed by atoms with E-state index in [9.17, 15) is 0 Å². The molecule has 138 valence electrons. The van der Waals surface area contributed by atoms with Crippen molar-refractivity contribution in [2.75, 3.05) is 13.2 Å². The zero-order valence-corrected chi connectivity index (χ0v) is 16.5. The molecule has 4 nitrogen and oxygen atoms in total. The average molecular weight is 383 g/mol. The maximum atomic E-state index is 5.76. The Morgan fingerprint density at radius 2 is 1.28 bits per heavy atom. The molecule has 0 N–H and O–H groups in total. The summed E-state index contributed by atoms with van der Waals surface area (Å²) in [4.78, 5) is 0. The van der Waals surface area contributed by atoms with Gasteiger partial charge >= 0.3 is 0 Å². The van der Waals surface area contributed by atoms with Gasteiger partial charge in [0.25, 0.3) is 0 Å². The molecule has 0 fully saturated rings. The zero-order valence-electron chi connectivity index (χ0n) is 14.9. The highest BCUT2D eigenvalue weighted by atomic mass is 32.1. The summed E-state index contributed by atoms with van der Waals surface area (Å²) in [6, 6.07) is 0. The molecule has 2 aromatic rings. The molecular formula is C19H26O4S2. The van der Waals surface area contributed by atoms with Crippen LogP contribution in [0.5, 0.6) is 23.0 Å². The van der Waals surface area contributed by atoms with Crippen LogP contribution in [0.15, 0.2) is 21.5 Å². The molecule has 4 rings (SSSR count). The predicted molar refractivity (Wildman–Crippen MR) is 103 cm³/mol. The lowest BCUT2D eigenvalue weighted by molar-refractivity contribution is 0.0846. The number of fused-ring (bicyclic) bond motifs is 2. The van der Waals surface area contributed by atoms with E-state index in [-0.39, 0.29) is 12.2 Å². The number of hydrogen-bond donors (Lipinski definition) is 0. The van der Waals surface area contributed by atoms with Crippen LogP contribution in [-0.4, -0.2) is 25.4 Å². The molecule has 0 amide bonds. The van der Waals surface area contributed by atoms with Crippen molar-refractivity contribution in [3.63, 3.8) is 0 Å². The molecule has 0 saturated heterocycles. The van der Waals surface area contributed by atoms with Gasteiger partial charge in [-0.2, -0.15) is 0 Å². The summed E-state index contributed by atoms with van der Waals surface area (Å²) in [7, 11) is 0. The summed E-state index contributed by atoms with van der Waals surface area (Å²) in [6.45, 7) is 5.77. The van der Waals surface area contributed by atoms with E-state index in [4.69, 9.17) is 18.9 Å². The number of ether oxygens (including phenoxy) is 4. The third kappa shape index (κ3) is 5.05. The van der Waals surface area contributed by atoms with Gasteiger partial charge in [0.1, 0.15) is 25.4 Å². The average Bonchev–Trinajstić information content (AvgIpc) is 3.28. The first-order valence-corrected chi connectivity index (χ1v) is 10.9. The highest BCUT2D eigenvalue weighted by molar-refractivity contribution is 7.08. The molecule has 6 heteroatoms. The zero-order chi connectivity index (χ0) is 17.5. The Morgan fingerprint density at radius 1 is 0.760 bits per heavy atom. The molecule has 0 spiro atoms. The van der Waals surface area contributed by atoms with E-state index in [1.807, 2.05) is 21.5 Å². The third-order valence-electron chi connectivity index (χ3n) is 4.11. The summed E-state index contributed by atoms with van der Waals surface area (Å²) in [6.07, 6.45) is 6.29. The van der Waals surface area contributed by atoms with E-state index in [1.165, 1.54) is 12.8 Å². The quantitative estimate of drug-likeness (QED) is 0.658. The van der Waals surface area contributed by atoms with Gasteiger partial charge < -0.3 is 18.9 Å². The highest BCUT2D eigenvalue weighted by Crippen LogP contribution is 2.36. The van der Waals surface area contributed by atoms with Crippen LogP contribution in [0.25, 0.3) is 0 Å². The molecule has 2 unspecified atom stereocenters. The van der Waals surface area contributed by atoms with Crippen LogP contribution >= 0.6 is 22.7 Å². The fraction of sp³-hybridized carbons (Fsp3) is 0.579. The van der Waals surface area contributed by atoms with Crippen molar-refractivity contribution in [1.82, 2.24) is 0 Å². The summed E-state index contributed by atoms with van der Waals surface area (Å²) in [5.41, 5.74) is 0. The molecule has 2 aromatic heterocycles. The highest BCUT2D eigenvalue weighted by Gasteiger charge is 2.21. The number of unbranched alkanes of at least 4 members (excludes halogenated alkanes) is 1. The largest absolute Gasteiger partial charge is 0.485 e. The molecule has 4 heterocycles. The van der Waals surface area contributed by atoms with E-state index >= 15 is 0 Å². The Labute approximate surface area is 157 Å². The molecule has 0 aromatic carbocycles. The lowest BCUT2D eigenvalue weighted by Gasteiger charge is -2.24. The van der Waals surface area contributed by atoms with E-state index < -0.39 is 0 Å². The van der Waals surface area contributed by atoms with Gasteiger partial charge in [0.05, 0.1) is 0 Å². The van der Waals surface area contributed by atoms with E-state index in [2.05, 4.69) is 13.8 Å². The Kier molecular flexibility index (Phi) is 6.87. The van der Waals surface area contributed by atoms with Crippen LogP contribution in [-0.2, 0) is 0 Å². The lowest BCUT2D eigenvalue weighted by atomic mass is 10.1. The van der Waals surface area contributed by atoms with Gasteiger partial charge in [-0.1, -0.05) is 26.7 Å². The molecule has 2 atom stereocenters. The number of thiophene rings is 2. The normalized spacial score (nSPS) is 20.6. The van der Waals surface area contributed by atoms with Crippen molar-refractivity contribution < 1.29 is 18.9 Å². The SMILES string of the molecule is CCCC1COc2cscc2O1.CCCCC1COc2cscc2O1. The smallest absolute Gasteiger partial charge is 0.172 e. The van der Waals surface area contributed by atoms with Crippen molar-refractivity contribution in [1.29, 1.82) is 0 Å². The Balaban J connectivity index is 0.000000146. The number of hydrogen-bond acceptors (Lipinski definition) is 6. The van der Waals surface area contributed by atoms with Crippen molar-refractivity contribution in [3.8, 4) is 23.0 Å². The van der Waals surface area contributed by atoms with Gasteiger partial charge in [-0.05, 0) is 19.3 Å². The van der Waals surface area contributed by atoms with E-state index in [0.29, 0.717) is 13.2 Å². The fourth-order valence-electron chi connectivity index (χ4n) is 2.76. The summed E-state index contributed by atoms with van der Waals surface area (Å²) >= 11 is 3.26. The van der Waals surface area contributed by atoms with Crippen molar-refractivity contribution in [2.45, 2.75) is 58.2 Å². The topological polar surface area (TPSA) is 36.9 Å². The second kappa shape index (κ2) is 9.34. The molecule has 2 aliphatic rings. The van der Waals surface area contributed by atoms with Gasteiger partial charge in [-0.25, -0.2) is 0 Å².